The monoisotopic (exact) mass is 365 g/mol. The fraction of sp³-hybridized carbons (Fsp3) is 0.333. The van der Waals surface area contributed by atoms with Gasteiger partial charge in [-0.15, -0.1) is 0 Å². The van der Waals surface area contributed by atoms with E-state index in [9.17, 15) is 22.8 Å². The summed E-state index contributed by atoms with van der Waals surface area (Å²) in [6.45, 7) is 2.89. The van der Waals surface area contributed by atoms with Crippen LogP contribution >= 0.6 is 0 Å². The number of piperazine rings is 1. The summed E-state index contributed by atoms with van der Waals surface area (Å²) in [6, 6.07) is 11.6. The maximum absolute atomic E-state index is 12.6. The predicted octanol–water partition coefficient (Wildman–Crippen LogP) is 2.35. The molecular formula is C18H18F3N3O2. The molecule has 2 heterocycles. The van der Waals surface area contributed by atoms with E-state index in [1.165, 1.54) is 10.5 Å². The minimum Gasteiger partial charge on any atom is -0.336 e. The van der Waals surface area contributed by atoms with Gasteiger partial charge in [0.2, 0.25) is 0 Å². The molecule has 3 rings (SSSR count). The lowest BCUT2D eigenvalue weighted by Gasteiger charge is -2.34. The largest absolute Gasteiger partial charge is 0.431 e. The van der Waals surface area contributed by atoms with E-state index in [-0.39, 0.29) is 5.56 Å². The zero-order valence-electron chi connectivity index (χ0n) is 13.9. The molecule has 0 unspecified atom stereocenters. The Kier molecular flexibility index (Phi) is 5.13. The number of pyridine rings is 1. The van der Waals surface area contributed by atoms with Gasteiger partial charge in [0.15, 0.2) is 0 Å². The van der Waals surface area contributed by atoms with Crippen molar-refractivity contribution in [3.05, 3.63) is 69.6 Å². The van der Waals surface area contributed by atoms with Gasteiger partial charge in [0.25, 0.3) is 11.5 Å². The molecule has 1 aromatic heterocycles. The Morgan fingerprint density at radius 3 is 2.23 bits per heavy atom. The molecule has 1 saturated heterocycles. The average Bonchev–Trinajstić information content (AvgIpc) is 2.62. The summed E-state index contributed by atoms with van der Waals surface area (Å²) >= 11 is 0. The fourth-order valence-corrected chi connectivity index (χ4v) is 2.93. The summed E-state index contributed by atoms with van der Waals surface area (Å²) in [7, 11) is 0. The predicted molar refractivity (Wildman–Crippen MR) is 89.7 cm³/mol. The van der Waals surface area contributed by atoms with Gasteiger partial charge in [-0.05, 0) is 17.7 Å². The van der Waals surface area contributed by atoms with Gasteiger partial charge in [0.1, 0.15) is 11.3 Å². The summed E-state index contributed by atoms with van der Waals surface area (Å²) in [4.78, 5) is 29.7. The molecule has 138 valence electrons. The lowest BCUT2D eigenvalue weighted by molar-refractivity contribution is -0.141. The molecule has 1 fully saturated rings. The molecular weight excluding hydrogens is 347 g/mol. The van der Waals surface area contributed by atoms with Gasteiger partial charge in [-0.25, -0.2) is 0 Å². The van der Waals surface area contributed by atoms with Crippen LogP contribution in [0.5, 0.6) is 0 Å². The van der Waals surface area contributed by atoms with Crippen molar-refractivity contribution in [2.24, 2.45) is 0 Å². The highest BCUT2D eigenvalue weighted by Gasteiger charge is 2.33. The van der Waals surface area contributed by atoms with Crippen molar-refractivity contribution in [3.63, 3.8) is 0 Å². The second-order valence-corrected chi connectivity index (χ2v) is 6.17. The van der Waals surface area contributed by atoms with Crippen LogP contribution in [0.1, 0.15) is 21.6 Å². The Morgan fingerprint density at radius 1 is 1.00 bits per heavy atom. The van der Waals surface area contributed by atoms with Crippen LogP contribution in [0, 0.1) is 0 Å². The Morgan fingerprint density at radius 2 is 1.65 bits per heavy atom. The number of nitrogens with one attached hydrogen (secondary N) is 1. The quantitative estimate of drug-likeness (QED) is 0.909. The van der Waals surface area contributed by atoms with Crippen molar-refractivity contribution in [2.75, 3.05) is 26.2 Å². The van der Waals surface area contributed by atoms with Crippen LogP contribution in [0.15, 0.2) is 47.3 Å². The van der Waals surface area contributed by atoms with Gasteiger partial charge < -0.3 is 9.88 Å². The number of hydrogen-bond acceptors (Lipinski definition) is 3. The lowest BCUT2D eigenvalue weighted by Crippen LogP contribution is -2.49. The van der Waals surface area contributed by atoms with E-state index in [2.05, 4.69) is 4.90 Å². The molecule has 0 aliphatic carbocycles. The number of carbonyl (C=O) groups excluding carboxylic acids is 1. The van der Waals surface area contributed by atoms with Crippen molar-refractivity contribution < 1.29 is 18.0 Å². The number of amides is 1. The van der Waals surface area contributed by atoms with E-state index >= 15 is 0 Å². The third-order valence-electron chi connectivity index (χ3n) is 4.35. The first-order valence-corrected chi connectivity index (χ1v) is 8.20. The van der Waals surface area contributed by atoms with E-state index in [1.807, 2.05) is 30.3 Å². The zero-order chi connectivity index (χ0) is 18.7. The number of carbonyl (C=O) groups is 1. The molecule has 0 spiro atoms. The minimum absolute atomic E-state index is 0.269. The molecule has 0 radical (unpaired) electrons. The SMILES string of the molecule is O=C(c1ccc(C(F)(F)F)[nH]c1=O)N1CCN(Cc2ccccc2)CC1. The number of hydrogen-bond donors (Lipinski definition) is 1. The Labute approximate surface area is 148 Å². The number of aromatic amines is 1. The maximum Gasteiger partial charge on any atom is 0.431 e. The van der Waals surface area contributed by atoms with Gasteiger partial charge in [0, 0.05) is 32.7 Å². The summed E-state index contributed by atoms with van der Waals surface area (Å²) in [5.74, 6) is -0.542. The molecule has 1 amide bonds. The van der Waals surface area contributed by atoms with E-state index in [4.69, 9.17) is 0 Å². The first-order valence-electron chi connectivity index (χ1n) is 8.20. The highest BCUT2D eigenvalue weighted by molar-refractivity contribution is 5.93. The fourth-order valence-electron chi connectivity index (χ4n) is 2.93. The van der Waals surface area contributed by atoms with Crippen LogP contribution in [0.25, 0.3) is 0 Å². The number of benzene rings is 1. The van der Waals surface area contributed by atoms with Crippen LogP contribution in [-0.4, -0.2) is 46.9 Å². The highest BCUT2D eigenvalue weighted by atomic mass is 19.4. The van der Waals surface area contributed by atoms with Crippen molar-refractivity contribution in [2.45, 2.75) is 12.7 Å². The van der Waals surface area contributed by atoms with Crippen molar-refractivity contribution in [1.82, 2.24) is 14.8 Å². The Balaban J connectivity index is 1.63. The molecule has 26 heavy (non-hydrogen) atoms. The van der Waals surface area contributed by atoms with Crippen molar-refractivity contribution in [1.29, 1.82) is 0 Å². The molecule has 8 heteroatoms. The topological polar surface area (TPSA) is 56.4 Å². The van der Waals surface area contributed by atoms with Gasteiger partial charge >= 0.3 is 6.18 Å². The second kappa shape index (κ2) is 7.33. The molecule has 1 aliphatic rings. The van der Waals surface area contributed by atoms with Gasteiger partial charge in [-0.3, -0.25) is 14.5 Å². The maximum atomic E-state index is 12.6. The van der Waals surface area contributed by atoms with Crippen molar-refractivity contribution >= 4 is 5.91 Å². The zero-order valence-corrected chi connectivity index (χ0v) is 13.9. The molecule has 1 aromatic carbocycles. The van der Waals surface area contributed by atoms with E-state index < -0.39 is 23.3 Å². The van der Waals surface area contributed by atoms with Crippen LogP contribution in [0.3, 0.4) is 0 Å². The summed E-state index contributed by atoms with van der Waals surface area (Å²) in [5.41, 5.74) is -1.27. The lowest BCUT2D eigenvalue weighted by atomic mass is 10.1. The summed E-state index contributed by atoms with van der Waals surface area (Å²) in [6.07, 6.45) is -4.65. The van der Waals surface area contributed by atoms with Gasteiger partial charge in [-0.2, -0.15) is 13.2 Å². The minimum atomic E-state index is -4.65. The van der Waals surface area contributed by atoms with Crippen LogP contribution in [-0.2, 0) is 12.7 Å². The normalized spacial score (nSPS) is 15.9. The highest BCUT2D eigenvalue weighted by Crippen LogP contribution is 2.26. The average molecular weight is 365 g/mol. The second-order valence-electron chi connectivity index (χ2n) is 6.17. The smallest absolute Gasteiger partial charge is 0.336 e. The van der Waals surface area contributed by atoms with E-state index in [1.54, 1.807) is 4.98 Å². The number of nitrogens with zero attached hydrogens (tertiary/aromatic N) is 2. The third-order valence-corrected chi connectivity index (χ3v) is 4.35. The molecule has 0 saturated carbocycles. The van der Waals surface area contributed by atoms with Gasteiger partial charge in [0.05, 0.1) is 0 Å². The standard InChI is InChI=1S/C18H18F3N3O2/c19-18(20,21)15-7-6-14(16(25)22-15)17(26)24-10-8-23(9-11-24)12-13-4-2-1-3-5-13/h1-7H,8-12H2,(H,22,25). The Bertz CT molecular complexity index is 826. The van der Waals surface area contributed by atoms with Crippen molar-refractivity contribution in [3.8, 4) is 0 Å². The Hall–Kier alpha value is -2.61. The number of rotatable bonds is 3. The molecule has 1 N–H and O–H groups in total. The van der Waals surface area contributed by atoms with E-state index in [0.29, 0.717) is 26.2 Å². The molecule has 0 bridgehead atoms. The third kappa shape index (κ3) is 4.13. The number of alkyl halides is 3. The van der Waals surface area contributed by atoms with E-state index in [0.717, 1.165) is 18.7 Å². The summed E-state index contributed by atoms with van der Waals surface area (Å²) < 4.78 is 37.8. The number of aromatic nitrogens is 1. The molecule has 2 aromatic rings. The first kappa shape index (κ1) is 18.2. The van der Waals surface area contributed by atoms with Crippen LogP contribution in [0.4, 0.5) is 13.2 Å². The molecule has 5 nitrogen and oxygen atoms in total. The van der Waals surface area contributed by atoms with Crippen LogP contribution < -0.4 is 5.56 Å². The molecule has 1 aliphatic heterocycles. The number of H-pyrrole nitrogens is 1. The number of halogens is 3. The summed E-state index contributed by atoms with van der Waals surface area (Å²) in [5, 5.41) is 0. The van der Waals surface area contributed by atoms with Crippen LogP contribution in [0.2, 0.25) is 0 Å². The molecule has 0 atom stereocenters. The first-order chi connectivity index (χ1) is 12.3. The van der Waals surface area contributed by atoms with Gasteiger partial charge in [-0.1, -0.05) is 30.3 Å².